The molecule has 0 radical (unpaired) electrons. The van der Waals surface area contributed by atoms with E-state index in [1.807, 2.05) is 0 Å². The Bertz CT molecular complexity index is 1560. The van der Waals surface area contributed by atoms with Crippen molar-refractivity contribution in [2.24, 2.45) is 0 Å². The fraction of sp³-hybridized carbons (Fsp3) is 0.192. The highest BCUT2D eigenvalue weighted by Gasteiger charge is 2.28. The maximum atomic E-state index is 14.3. The van der Waals surface area contributed by atoms with E-state index in [4.69, 9.17) is 4.74 Å². The molecule has 2 atom stereocenters. The number of nitrogens with zero attached hydrogens (tertiary/aromatic N) is 1. The van der Waals surface area contributed by atoms with Crippen LogP contribution in [0.4, 0.5) is 13.2 Å². The molecular formula is C26H22F3N3O4. The molecule has 0 aliphatic rings. The third-order valence-electron chi connectivity index (χ3n) is 5.90. The van der Waals surface area contributed by atoms with Crippen molar-refractivity contribution < 1.29 is 22.7 Å². The summed E-state index contributed by atoms with van der Waals surface area (Å²) in [5.41, 5.74) is -1.10. The summed E-state index contributed by atoms with van der Waals surface area (Å²) < 4.78 is 47.6. The van der Waals surface area contributed by atoms with Crippen LogP contribution in [-0.4, -0.2) is 22.6 Å². The summed E-state index contributed by atoms with van der Waals surface area (Å²) in [7, 11) is 1.44. The van der Waals surface area contributed by atoms with Crippen LogP contribution >= 0.6 is 0 Å². The molecule has 1 heterocycles. The van der Waals surface area contributed by atoms with Gasteiger partial charge in [-0.25, -0.2) is 22.5 Å². The van der Waals surface area contributed by atoms with Gasteiger partial charge in [-0.05, 0) is 42.8 Å². The van der Waals surface area contributed by atoms with Gasteiger partial charge in [-0.3, -0.25) is 9.59 Å². The van der Waals surface area contributed by atoms with Gasteiger partial charge in [0.15, 0.2) is 0 Å². The lowest BCUT2D eigenvalue weighted by molar-refractivity contribution is -0.125. The molecule has 0 aliphatic carbocycles. The minimum atomic E-state index is -1.41. The van der Waals surface area contributed by atoms with E-state index in [0.29, 0.717) is 21.9 Å². The van der Waals surface area contributed by atoms with Gasteiger partial charge in [0.05, 0.1) is 24.1 Å². The zero-order valence-corrected chi connectivity index (χ0v) is 19.3. The molecule has 0 spiro atoms. The lowest BCUT2D eigenvalue weighted by Crippen LogP contribution is -2.46. The first-order chi connectivity index (χ1) is 17.2. The first-order valence-electron chi connectivity index (χ1n) is 11.0. The Morgan fingerprint density at radius 2 is 1.72 bits per heavy atom. The van der Waals surface area contributed by atoms with Crippen LogP contribution in [0.1, 0.15) is 30.1 Å². The van der Waals surface area contributed by atoms with E-state index in [-0.39, 0.29) is 22.9 Å². The van der Waals surface area contributed by atoms with Gasteiger partial charge < -0.3 is 15.0 Å². The number of aromatic nitrogens is 2. The molecule has 0 fully saturated rings. The summed E-state index contributed by atoms with van der Waals surface area (Å²) in [4.78, 5) is 42.3. The van der Waals surface area contributed by atoms with Crippen molar-refractivity contribution in [3.63, 3.8) is 0 Å². The molecule has 0 unspecified atom stereocenters. The Hall–Kier alpha value is -4.34. The van der Waals surface area contributed by atoms with Crippen molar-refractivity contribution in [2.75, 3.05) is 7.11 Å². The van der Waals surface area contributed by atoms with Crippen LogP contribution in [-0.2, 0) is 11.2 Å². The second kappa shape index (κ2) is 10.1. The average molecular weight is 497 g/mol. The number of nitrogens with one attached hydrogen (secondary N) is 2. The largest absolute Gasteiger partial charge is 0.496 e. The Morgan fingerprint density at radius 1 is 1.03 bits per heavy atom. The third kappa shape index (κ3) is 4.88. The van der Waals surface area contributed by atoms with Crippen LogP contribution in [0, 0.1) is 17.5 Å². The van der Waals surface area contributed by atoms with Gasteiger partial charge in [-0.1, -0.05) is 24.3 Å². The van der Waals surface area contributed by atoms with Gasteiger partial charge in [-0.15, -0.1) is 0 Å². The highest BCUT2D eigenvalue weighted by Crippen LogP contribution is 2.24. The van der Waals surface area contributed by atoms with Crippen molar-refractivity contribution in [1.29, 1.82) is 0 Å². The van der Waals surface area contributed by atoms with E-state index < -0.39 is 46.7 Å². The molecule has 186 valence electrons. The van der Waals surface area contributed by atoms with Crippen LogP contribution in [0.15, 0.2) is 70.3 Å². The Labute approximate surface area is 203 Å². The summed E-state index contributed by atoms with van der Waals surface area (Å²) in [6, 6.07) is 10.7. The lowest BCUT2D eigenvalue weighted by atomic mass is 10.0. The van der Waals surface area contributed by atoms with Crippen molar-refractivity contribution in [3.05, 3.63) is 110 Å². The van der Waals surface area contributed by atoms with Crippen LogP contribution in [0.5, 0.6) is 5.75 Å². The van der Waals surface area contributed by atoms with Gasteiger partial charge in [0.2, 0.25) is 5.91 Å². The number of hydrogen-bond donors (Lipinski definition) is 2. The molecule has 0 saturated carbocycles. The van der Waals surface area contributed by atoms with Crippen molar-refractivity contribution in [3.8, 4) is 5.75 Å². The van der Waals surface area contributed by atoms with Crippen molar-refractivity contribution >= 4 is 16.8 Å². The van der Waals surface area contributed by atoms with Crippen molar-refractivity contribution in [2.45, 2.75) is 25.4 Å². The SMILES string of the molecule is COc1ccccc1C[C@H](C(=O)N[C@@H](C)c1ccc(F)cc1F)n1c(=O)[nH]c2ccc(F)cc2c1=O. The number of aromatic amines is 1. The third-order valence-corrected chi connectivity index (χ3v) is 5.90. The predicted molar refractivity (Wildman–Crippen MR) is 127 cm³/mol. The summed E-state index contributed by atoms with van der Waals surface area (Å²) in [5, 5.41) is 2.48. The summed E-state index contributed by atoms with van der Waals surface area (Å²) >= 11 is 0. The van der Waals surface area contributed by atoms with Crippen LogP contribution < -0.4 is 21.3 Å². The van der Waals surface area contributed by atoms with E-state index >= 15 is 0 Å². The van der Waals surface area contributed by atoms with E-state index in [1.165, 1.54) is 26.2 Å². The molecule has 10 heteroatoms. The summed E-state index contributed by atoms with van der Waals surface area (Å²) in [5.74, 6) is -2.68. The lowest BCUT2D eigenvalue weighted by Gasteiger charge is -2.23. The summed E-state index contributed by atoms with van der Waals surface area (Å²) in [6.07, 6.45) is -0.141. The molecule has 1 amide bonds. The van der Waals surface area contributed by atoms with E-state index in [9.17, 15) is 27.6 Å². The fourth-order valence-corrected chi connectivity index (χ4v) is 4.10. The molecule has 0 aliphatic heterocycles. The molecular weight excluding hydrogens is 475 g/mol. The number of carbonyl (C=O) groups is 1. The van der Waals surface area contributed by atoms with Gasteiger partial charge in [0.1, 0.15) is 29.2 Å². The fourth-order valence-electron chi connectivity index (χ4n) is 4.10. The topological polar surface area (TPSA) is 93.2 Å². The van der Waals surface area contributed by atoms with Gasteiger partial charge in [0, 0.05) is 18.1 Å². The minimum Gasteiger partial charge on any atom is -0.496 e. The maximum absolute atomic E-state index is 14.3. The predicted octanol–water partition coefficient (Wildman–Crippen LogP) is 3.78. The Morgan fingerprint density at radius 3 is 2.44 bits per heavy atom. The number of carbonyl (C=O) groups excluding carboxylic acids is 1. The molecule has 1 aromatic heterocycles. The molecule has 4 rings (SSSR count). The number of para-hydroxylation sites is 1. The van der Waals surface area contributed by atoms with Crippen LogP contribution in [0.2, 0.25) is 0 Å². The standard InChI is InChI=1S/C26H22F3N3O4/c1-14(18-9-7-17(28)13-20(18)29)30-24(33)22(11-15-5-3-4-6-23(15)36-2)32-25(34)19-12-16(27)8-10-21(19)31-26(32)35/h3-10,12-14,22H,11H2,1-2H3,(H,30,33)(H,31,35)/t14-,22+/m0/s1. The number of H-pyrrole nitrogens is 1. The van der Waals surface area contributed by atoms with Gasteiger partial charge >= 0.3 is 5.69 Å². The second-order valence-corrected chi connectivity index (χ2v) is 8.22. The number of halogens is 3. The minimum absolute atomic E-state index is 0.0163. The number of fused-ring (bicyclic) bond motifs is 1. The van der Waals surface area contributed by atoms with E-state index in [2.05, 4.69) is 10.3 Å². The van der Waals surface area contributed by atoms with Crippen molar-refractivity contribution in [1.82, 2.24) is 14.9 Å². The normalized spacial score (nSPS) is 12.8. The molecule has 2 N–H and O–H groups in total. The molecule has 3 aromatic carbocycles. The Kier molecular flexibility index (Phi) is 6.96. The molecule has 7 nitrogen and oxygen atoms in total. The zero-order valence-electron chi connectivity index (χ0n) is 19.3. The molecule has 36 heavy (non-hydrogen) atoms. The molecule has 0 saturated heterocycles. The summed E-state index contributed by atoms with van der Waals surface area (Å²) in [6.45, 7) is 1.48. The number of hydrogen-bond acceptors (Lipinski definition) is 4. The van der Waals surface area contributed by atoms with Gasteiger partial charge in [-0.2, -0.15) is 0 Å². The van der Waals surface area contributed by atoms with E-state index in [1.54, 1.807) is 24.3 Å². The quantitative estimate of drug-likeness (QED) is 0.407. The maximum Gasteiger partial charge on any atom is 0.329 e. The first kappa shape index (κ1) is 24.8. The Balaban J connectivity index is 1.81. The van der Waals surface area contributed by atoms with Crippen LogP contribution in [0.3, 0.4) is 0 Å². The number of rotatable bonds is 7. The number of benzene rings is 3. The van der Waals surface area contributed by atoms with E-state index in [0.717, 1.165) is 18.2 Å². The highest BCUT2D eigenvalue weighted by molar-refractivity contribution is 5.82. The second-order valence-electron chi connectivity index (χ2n) is 8.22. The number of ether oxygens (including phenoxy) is 1. The van der Waals surface area contributed by atoms with Gasteiger partial charge in [0.25, 0.3) is 5.56 Å². The molecule has 4 aromatic rings. The number of methoxy groups -OCH3 is 1. The molecule has 0 bridgehead atoms. The monoisotopic (exact) mass is 497 g/mol. The number of amides is 1. The highest BCUT2D eigenvalue weighted by atomic mass is 19.1. The average Bonchev–Trinajstić information content (AvgIpc) is 2.84. The first-order valence-corrected chi connectivity index (χ1v) is 11.0. The van der Waals surface area contributed by atoms with Crippen LogP contribution in [0.25, 0.3) is 10.9 Å². The zero-order chi connectivity index (χ0) is 26.0. The smallest absolute Gasteiger partial charge is 0.329 e.